The van der Waals surface area contributed by atoms with E-state index in [-0.39, 0.29) is 30.9 Å². The van der Waals surface area contributed by atoms with Gasteiger partial charge < -0.3 is 58.9 Å². The number of fused-ring (bicyclic) bond motifs is 1. The number of nitrogens with zero attached hydrogens (tertiary/aromatic N) is 6. The maximum absolute atomic E-state index is 13.6. The van der Waals surface area contributed by atoms with Crippen molar-refractivity contribution < 1.29 is 71.9 Å². The van der Waals surface area contributed by atoms with E-state index >= 15 is 0 Å². The van der Waals surface area contributed by atoms with Gasteiger partial charge in [-0.2, -0.15) is 0 Å². The number of aryl methyl sites for hydroxylation is 2. The molecule has 7 rings (SSSR count). The van der Waals surface area contributed by atoms with Gasteiger partial charge in [-0.3, -0.25) is 19.3 Å². The number of aliphatic hydroxyl groups is 4. The first-order valence-corrected chi connectivity index (χ1v) is 33.1. The Balaban J connectivity index is 0.639. The molecule has 1 aliphatic carbocycles. The summed E-state index contributed by atoms with van der Waals surface area (Å²) in [6.07, 6.45) is 19.4. The fraction of sp³-hybridized carbons (Fsp3) is 0.773. The van der Waals surface area contributed by atoms with Crippen molar-refractivity contribution in [3.05, 3.63) is 59.3 Å². The van der Waals surface area contributed by atoms with Crippen molar-refractivity contribution in [2.24, 2.45) is 17.8 Å². The van der Waals surface area contributed by atoms with Crippen molar-refractivity contribution in [3.63, 3.8) is 0 Å². The van der Waals surface area contributed by atoms with Crippen molar-refractivity contribution >= 4 is 5.97 Å². The van der Waals surface area contributed by atoms with E-state index in [1.165, 1.54) is 96.0 Å². The highest BCUT2D eigenvalue weighted by Crippen LogP contribution is 2.48. The molecule has 0 spiro atoms. The highest BCUT2D eigenvalue weighted by molar-refractivity contribution is 5.71. The van der Waals surface area contributed by atoms with Crippen LogP contribution in [0.5, 0.6) is 11.5 Å². The molecule has 3 aromatic rings. The lowest BCUT2D eigenvalue weighted by atomic mass is 9.81. The normalized spacial score (nSPS) is 21.3. The third-order valence-corrected chi connectivity index (χ3v) is 18.3. The predicted octanol–water partition coefficient (Wildman–Crippen LogP) is 9.66. The zero-order valence-corrected chi connectivity index (χ0v) is 52.2. The molecule has 0 amide bonds. The number of piperidine rings is 2. The molecule has 1 aromatic heterocycles. The van der Waals surface area contributed by atoms with E-state index in [0.717, 1.165) is 101 Å². The molecule has 21 heteroatoms. The number of carboxylic acids is 1. The number of aromatic nitrogens is 3. The van der Waals surface area contributed by atoms with Crippen molar-refractivity contribution in [2.45, 2.75) is 204 Å². The first kappa shape index (κ1) is 70.5. The summed E-state index contributed by atoms with van der Waals surface area (Å²) in [5.41, 5.74) is 4.00. The Morgan fingerprint density at radius 2 is 1.32 bits per heavy atom. The summed E-state index contributed by atoms with van der Waals surface area (Å²) >= 11 is 0. The number of aliphatic hydroxyl groups excluding tert-OH is 4. The van der Waals surface area contributed by atoms with E-state index in [4.69, 9.17) is 23.7 Å². The summed E-state index contributed by atoms with van der Waals surface area (Å²) in [5.74, 6) is 0.130. The van der Waals surface area contributed by atoms with Crippen LogP contribution in [0.4, 0.5) is 13.2 Å². The van der Waals surface area contributed by atoms with E-state index in [9.17, 15) is 43.5 Å². The van der Waals surface area contributed by atoms with E-state index in [0.29, 0.717) is 94.6 Å². The number of ether oxygens (including phenoxy) is 6. The van der Waals surface area contributed by atoms with Crippen LogP contribution in [0.25, 0.3) is 11.3 Å². The highest BCUT2D eigenvalue weighted by Gasteiger charge is 2.42. The molecule has 2 saturated heterocycles. The number of rotatable bonds is 44. The lowest BCUT2D eigenvalue weighted by molar-refractivity contribution is -0.275. The maximum Gasteiger partial charge on any atom is 0.573 e. The summed E-state index contributed by atoms with van der Waals surface area (Å²) in [6.45, 7) is 10.4. The fourth-order valence-corrected chi connectivity index (χ4v) is 12.9. The predicted molar refractivity (Wildman–Crippen MR) is 327 cm³/mol. The van der Waals surface area contributed by atoms with E-state index in [1.54, 1.807) is 24.0 Å². The van der Waals surface area contributed by atoms with E-state index < -0.39 is 42.6 Å². The van der Waals surface area contributed by atoms with Crippen molar-refractivity contribution in [3.8, 4) is 22.8 Å². The van der Waals surface area contributed by atoms with Gasteiger partial charge in [0.15, 0.2) is 0 Å². The van der Waals surface area contributed by atoms with Crippen LogP contribution in [0, 0.1) is 17.8 Å². The molecule has 4 aliphatic rings. The number of β-amino-alcohol motifs (C(OH)–C–C–N with tert-alkyl or cyclic N) is 1. The SMILES string of the molecule is C[C@H](C(=O)O)[C@H](c1ccc2c(c1)O[C@@H](C1CCN(Cc3cc(-c4cn(CCCCCCCCCCCCCCCCCCN(C)CCOCCOCCOCCOCCN5C[C@H](O)[C@@H](O)[C@H](O)[C@H]5CO)nn4)ccc3OC(F)(F)F)CC1)CC2)C1CC1. The molecule has 3 aliphatic heterocycles. The highest BCUT2D eigenvalue weighted by atomic mass is 19.4. The van der Waals surface area contributed by atoms with Crippen molar-refractivity contribution in [1.29, 1.82) is 0 Å². The number of carboxylic acid groups (broad SMARTS) is 1. The molecule has 0 bridgehead atoms. The summed E-state index contributed by atoms with van der Waals surface area (Å²) in [4.78, 5) is 18.2. The summed E-state index contributed by atoms with van der Waals surface area (Å²) in [6, 6.07) is 10.5. The number of likely N-dealkylation sites (N-methyl/N-ethyl adjacent to an activating group) is 1. The van der Waals surface area contributed by atoms with Gasteiger partial charge in [0.2, 0.25) is 0 Å². The van der Waals surface area contributed by atoms with Crippen molar-refractivity contribution in [2.75, 3.05) is 106 Å². The number of likely N-dealkylation sites (tertiary alicyclic amines) is 2. The first-order chi connectivity index (χ1) is 42.2. The molecule has 492 valence electrons. The zero-order valence-electron chi connectivity index (χ0n) is 52.2. The number of halogens is 3. The Labute approximate surface area is 515 Å². The summed E-state index contributed by atoms with van der Waals surface area (Å²) in [7, 11) is 2.15. The van der Waals surface area contributed by atoms with Crippen LogP contribution < -0.4 is 9.47 Å². The van der Waals surface area contributed by atoms with Crippen LogP contribution in [0.15, 0.2) is 42.6 Å². The monoisotopic (exact) mass is 1230 g/mol. The van der Waals surface area contributed by atoms with Crippen LogP contribution in [0.2, 0.25) is 0 Å². The number of alkyl halides is 3. The number of hydrogen-bond acceptors (Lipinski definition) is 16. The van der Waals surface area contributed by atoms with Gasteiger partial charge in [0.05, 0.1) is 83.7 Å². The first-order valence-electron chi connectivity index (χ1n) is 33.1. The number of hydrogen-bond donors (Lipinski definition) is 5. The number of unbranched alkanes of at least 4 members (excludes halogenated alkanes) is 15. The second-order valence-corrected chi connectivity index (χ2v) is 25.1. The van der Waals surface area contributed by atoms with Gasteiger partial charge in [-0.15, -0.1) is 18.3 Å². The Morgan fingerprint density at radius 1 is 0.724 bits per heavy atom. The summed E-state index contributed by atoms with van der Waals surface area (Å²) < 4.78 is 76.4. The van der Waals surface area contributed by atoms with Gasteiger partial charge in [-0.25, -0.2) is 0 Å². The molecule has 2 aromatic carbocycles. The molecular formula is C66H105F3N6O12. The smallest absolute Gasteiger partial charge is 0.490 e. The Bertz CT molecular complexity index is 2390. The fourth-order valence-electron chi connectivity index (χ4n) is 12.9. The quantitative estimate of drug-likeness (QED) is 0.0333. The molecule has 0 unspecified atom stereocenters. The van der Waals surface area contributed by atoms with Crippen LogP contribution in [-0.4, -0.2) is 204 Å². The Kier molecular flexibility index (Phi) is 30.8. The largest absolute Gasteiger partial charge is 0.573 e. The lowest BCUT2D eigenvalue weighted by Gasteiger charge is -2.43. The van der Waals surface area contributed by atoms with Gasteiger partial charge in [-0.1, -0.05) is 114 Å². The van der Waals surface area contributed by atoms with Crippen LogP contribution >= 0.6 is 0 Å². The van der Waals surface area contributed by atoms with Gasteiger partial charge in [-0.05, 0) is 131 Å². The summed E-state index contributed by atoms with van der Waals surface area (Å²) in [5, 5.41) is 58.0. The van der Waals surface area contributed by atoms with E-state index in [2.05, 4.69) is 50.1 Å². The van der Waals surface area contributed by atoms with Crippen molar-refractivity contribution in [1.82, 2.24) is 29.7 Å². The molecule has 7 atom stereocenters. The minimum Gasteiger partial charge on any atom is -0.490 e. The molecule has 4 heterocycles. The molecular weight excluding hydrogens is 1130 g/mol. The lowest BCUT2D eigenvalue weighted by Crippen LogP contribution is -2.62. The average Bonchev–Trinajstić information content (AvgIpc) is 2.79. The van der Waals surface area contributed by atoms with Gasteiger partial charge in [0.25, 0.3) is 0 Å². The second-order valence-electron chi connectivity index (χ2n) is 25.1. The Morgan fingerprint density at radius 3 is 1.92 bits per heavy atom. The standard InChI is InChI=1S/C66H105F3N6O12/c1-49(65(80)81)62(52-20-21-52)54-22-19-50-23-25-59(86-61(50)44-54)51-27-31-73(32-28-51)45-55-43-53(24-26-60(55)87-66(67,68)69)56-46-75(71-70-56)30-18-16-14-12-10-8-6-4-3-5-7-9-11-13-15-17-29-72(2)33-35-82-37-39-84-41-42-85-40-38-83-36-34-74-47-58(77)64(79)63(78)57(74)48-76/h19,22,24,26,43-44,46,49,51-52,57-59,62-64,76-79H,3-18,20-21,23,25,27-42,45,47-48H2,1-2H3,(H,80,81)/t49-,57+,58-,59+,62-,63+,64+/m0/s1. The van der Waals surface area contributed by atoms with Gasteiger partial charge in [0.1, 0.15) is 35.5 Å². The third-order valence-electron chi connectivity index (χ3n) is 18.3. The Hall–Kier alpha value is -4.00. The van der Waals surface area contributed by atoms with Gasteiger partial charge in [0, 0.05) is 43.9 Å². The third kappa shape index (κ3) is 24.6. The van der Waals surface area contributed by atoms with Crippen LogP contribution in [-0.2, 0) is 43.3 Å². The molecule has 0 radical (unpaired) electrons. The second kappa shape index (κ2) is 38.0. The minimum absolute atomic E-state index is 0.0219. The average molecular weight is 1230 g/mol. The molecule has 5 N–H and O–H groups in total. The number of carbonyl (C=O) groups is 1. The number of aliphatic carboxylic acids is 1. The maximum atomic E-state index is 13.6. The van der Waals surface area contributed by atoms with Crippen LogP contribution in [0.1, 0.15) is 164 Å². The zero-order chi connectivity index (χ0) is 61.8. The minimum atomic E-state index is -4.81. The molecule has 87 heavy (non-hydrogen) atoms. The molecule has 3 fully saturated rings. The molecule has 1 saturated carbocycles. The van der Waals surface area contributed by atoms with Gasteiger partial charge >= 0.3 is 12.3 Å². The topological polar surface area (TPSA) is 214 Å². The molecule has 18 nitrogen and oxygen atoms in total. The van der Waals surface area contributed by atoms with E-state index in [1.807, 2.05) is 10.9 Å². The number of benzene rings is 2. The van der Waals surface area contributed by atoms with Crippen LogP contribution in [0.3, 0.4) is 0 Å².